The summed E-state index contributed by atoms with van der Waals surface area (Å²) in [5, 5.41) is 0. The summed E-state index contributed by atoms with van der Waals surface area (Å²) in [6, 6.07) is 0. The monoisotopic (exact) mass is 206 g/mol. The fraction of sp³-hybridized carbons (Fsp3) is 0.615. The Bertz CT molecular complexity index is 320. The van der Waals surface area contributed by atoms with Crippen molar-refractivity contribution < 1.29 is 9.53 Å². The number of rotatable bonds is 3. The first-order chi connectivity index (χ1) is 6.96. The zero-order chi connectivity index (χ0) is 11.5. The van der Waals surface area contributed by atoms with E-state index in [1.165, 1.54) is 0 Å². The van der Waals surface area contributed by atoms with Gasteiger partial charge in [0.1, 0.15) is 0 Å². The number of carbonyl (C=O) groups excluding carboxylic acids is 1. The van der Waals surface area contributed by atoms with E-state index in [1.54, 1.807) is 0 Å². The highest BCUT2D eigenvalue weighted by Crippen LogP contribution is 2.30. The molecule has 1 rings (SSSR count). The molecule has 1 unspecified atom stereocenters. The van der Waals surface area contributed by atoms with Crippen molar-refractivity contribution in [2.75, 3.05) is 0 Å². The highest BCUT2D eigenvalue weighted by molar-refractivity contribution is 5.77. The van der Waals surface area contributed by atoms with Gasteiger partial charge in [-0.25, -0.2) is 0 Å². The maximum Gasteiger partial charge on any atom is 0.313 e. The Hall–Kier alpha value is -1.23. The summed E-state index contributed by atoms with van der Waals surface area (Å²) in [6.07, 6.45) is 11.5. The Labute approximate surface area is 91.7 Å². The minimum atomic E-state index is -0.788. The van der Waals surface area contributed by atoms with Gasteiger partial charge in [0.25, 0.3) is 0 Å². The summed E-state index contributed by atoms with van der Waals surface area (Å²) >= 11 is 0. The first kappa shape index (κ1) is 11.8. The number of allylic oxidation sites excluding steroid dienone is 1. The largest absolute Gasteiger partial charge is 0.442 e. The molecule has 0 N–H and O–H groups in total. The Balaban J connectivity index is 2.74. The zero-order valence-corrected chi connectivity index (χ0v) is 9.67. The molecule has 0 saturated heterocycles. The Morgan fingerprint density at radius 3 is 2.73 bits per heavy atom. The molecule has 0 fully saturated rings. The van der Waals surface area contributed by atoms with Gasteiger partial charge in [-0.2, -0.15) is 0 Å². The predicted molar refractivity (Wildman–Crippen MR) is 60.1 cm³/mol. The summed E-state index contributed by atoms with van der Waals surface area (Å²) in [7, 11) is 0. The highest BCUT2D eigenvalue weighted by Gasteiger charge is 2.37. The number of terminal acetylenes is 1. The lowest BCUT2D eigenvalue weighted by Gasteiger charge is -2.28. The summed E-state index contributed by atoms with van der Waals surface area (Å²) in [5.41, 5.74) is -1.25. The molecule has 15 heavy (non-hydrogen) atoms. The lowest BCUT2D eigenvalue weighted by Crippen LogP contribution is -2.36. The van der Waals surface area contributed by atoms with Crippen molar-refractivity contribution in [3.63, 3.8) is 0 Å². The summed E-state index contributed by atoms with van der Waals surface area (Å²) < 4.78 is 5.44. The molecular formula is C13H18O2. The standard InChI is InChI=1S/C13H18O2/c1-5-12(3,4)11(14)15-13(6-2)9-7-8-10-13/h2,7,9H,5,8,10H2,1,3-4H3. The van der Waals surface area contributed by atoms with Crippen molar-refractivity contribution in [1.82, 2.24) is 0 Å². The number of carbonyl (C=O) groups is 1. The third-order valence-corrected chi connectivity index (χ3v) is 3.03. The minimum Gasteiger partial charge on any atom is -0.442 e. The molecule has 0 saturated carbocycles. The van der Waals surface area contributed by atoms with Gasteiger partial charge in [-0.3, -0.25) is 4.79 Å². The van der Waals surface area contributed by atoms with Crippen LogP contribution in [0.3, 0.4) is 0 Å². The fourth-order valence-electron chi connectivity index (χ4n) is 1.34. The van der Waals surface area contributed by atoms with Gasteiger partial charge in [0, 0.05) is 6.42 Å². The molecule has 2 heteroatoms. The number of hydrogen-bond acceptors (Lipinski definition) is 2. The van der Waals surface area contributed by atoms with Gasteiger partial charge in [0.2, 0.25) is 0 Å². The third kappa shape index (κ3) is 2.41. The molecule has 0 aromatic rings. The van der Waals surface area contributed by atoms with Gasteiger partial charge in [0.05, 0.1) is 5.41 Å². The molecule has 0 aliphatic heterocycles. The van der Waals surface area contributed by atoms with Crippen LogP contribution in [-0.2, 0) is 9.53 Å². The van der Waals surface area contributed by atoms with Crippen molar-refractivity contribution in [1.29, 1.82) is 0 Å². The SMILES string of the molecule is C#CC1(OC(=O)C(C)(C)CC)C=CCC1. The number of hydrogen-bond donors (Lipinski definition) is 0. The smallest absolute Gasteiger partial charge is 0.313 e. The summed E-state index contributed by atoms with van der Waals surface area (Å²) in [5.74, 6) is 2.36. The van der Waals surface area contributed by atoms with Gasteiger partial charge in [-0.15, -0.1) is 6.42 Å². The van der Waals surface area contributed by atoms with Crippen LogP contribution in [0.1, 0.15) is 40.0 Å². The molecule has 1 atom stereocenters. The lowest BCUT2D eigenvalue weighted by molar-refractivity contribution is -0.161. The fourth-order valence-corrected chi connectivity index (χ4v) is 1.34. The van der Waals surface area contributed by atoms with Crippen molar-refractivity contribution in [2.24, 2.45) is 5.41 Å². The third-order valence-electron chi connectivity index (χ3n) is 3.03. The molecule has 0 bridgehead atoms. The number of esters is 1. The minimum absolute atomic E-state index is 0.213. The highest BCUT2D eigenvalue weighted by atomic mass is 16.6. The van der Waals surface area contributed by atoms with E-state index in [2.05, 4.69) is 5.92 Å². The normalized spacial score (nSPS) is 24.9. The zero-order valence-electron chi connectivity index (χ0n) is 9.67. The molecule has 1 aliphatic rings. The van der Waals surface area contributed by atoms with Crippen LogP contribution in [0.4, 0.5) is 0 Å². The van der Waals surface area contributed by atoms with Crippen LogP contribution in [0.5, 0.6) is 0 Å². The Morgan fingerprint density at radius 1 is 1.67 bits per heavy atom. The van der Waals surface area contributed by atoms with Crippen LogP contribution in [0.2, 0.25) is 0 Å². The van der Waals surface area contributed by atoms with Crippen molar-refractivity contribution in [3.05, 3.63) is 12.2 Å². The molecule has 0 aromatic carbocycles. The molecule has 0 heterocycles. The average Bonchev–Trinajstić information content (AvgIpc) is 2.67. The Kier molecular flexibility index (Phi) is 3.24. The van der Waals surface area contributed by atoms with E-state index in [4.69, 9.17) is 11.2 Å². The predicted octanol–water partition coefficient (Wildman–Crippen LogP) is 2.69. The van der Waals surface area contributed by atoms with Gasteiger partial charge in [-0.1, -0.05) is 18.9 Å². The molecule has 0 amide bonds. The van der Waals surface area contributed by atoms with E-state index in [-0.39, 0.29) is 5.97 Å². The van der Waals surface area contributed by atoms with Crippen LogP contribution < -0.4 is 0 Å². The van der Waals surface area contributed by atoms with Gasteiger partial charge in [-0.05, 0) is 32.8 Å². The molecule has 2 nitrogen and oxygen atoms in total. The van der Waals surface area contributed by atoms with E-state index in [0.29, 0.717) is 6.42 Å². The first-order valence-corrected chi connectivity index (χ1v) is 5.35. The van der Waals surface area contributed by atoms with Crippen LogP contribution in [0, 0.1) is 17.8 Å². The molecule has 0 spiro atoms. The van der Waals surface area contributed by atoms with E-state index < -0.39 is 11.0 Å². The maximum absolute atomic E-state index is 11.9. The van der Waals surface area contributed by atoms with Gasteiger partial charge in [0.15, 0.2) is 5.60 Å². The van der Waals surface area contributed by atoms with Gasteiger partial charge >= 0.3 is 5.97 Å². The van der Waals surface area contributed by atoms with Gasteiger partial charge < -0.3 is 4.74 Å². The lowest BCUT2D eigenvalue weighted by atomic mass is 9.90. The summed E-state index contributed by atoms with van der Waals surface area (Å²) in [4.78, 5) is 11.9. The molecule has 0 aromatic heterocycles. The molecule has 1 aliphatic carbocycles. The van der Waals surface area contributed by atoms with Crippen LogP contribution in [-0.4, -0.2) is 11.6 Å². The number of ether oxygens (including phenoxy) is 1. The Morgan fingerprint density at radius 2 is 2.33 bits per heavy atom. The summed E-state index contributed by atoms with van der Waals surface area (Å²) in [6.45, 7) is 5.71. The van der Waals surface area contributed by atoms with E-state index in [0.717, 1.165) is 12.8 Å². The second-order valence-corrected chi connectivity index (χ2v) is 4.60. The average molecular weight is 206 g/mol. The first-order valence-electron chi connectivity index (χ1n) is 5.35. The van der Waals surface area contributed by atoms with Crippen molar-refractivity contribution in [2.45, 2.75) is 45.6 Å². The van der Waals surface area contributed by atoms with Crippen LogP contribution in [0.15, 0.2) is 12.2 Å². The molecule has 0 radical (unpaired) electrons. The second-order valence-electron chi connectivity index (χ2n) is 4.60. The van der Waals surface area contributed by atoms with E-state index in [9.17, 15) is 4.79 Å². The molecule has 82 valence electrons. The van der Waals surface area contributed by atoms with Crippen LogP contribution in [0.25, 0.3) is 0 Å². The molecular weight excluding hydrogens is 188 g/mol. The van der Waals surface area contributed by atoms with E-state index >= 15 is 0 Å². The second kappa shape index (κ2) is 4.10. The van der Waals surface area contributed by atoms with Crippen molar-refractivity contribution >= 4 is 5.97 Å². The van der Waals surface area contributed by atoms with E-state index in [1.807, 2.05) is 32.9 Å². The topological polar surface area (TPSA) is 26.3 Å². The van der Waals surface area contributed by atoms with Crippen LogP contribution >= 0.6 is 0 Å². The maximum atomic E-state index is 11.9. The van der Waals surface area contributed by atoms with Crippen molar-refractivity contribution in [3.8, 4) is 12.3 Å². The quantitative estimate of drug-likeness (QED) is 0.403.